The van der Waals surface area contributed by atoms with Crippen molar-refractivity contribution in [3.63, 3.8) is 0 Å². The zero-order chi connectivity index (χ0) is 16.9. The van der Waals surface area contributed by atoms with Crippen molar-refractivity contribution in [1.29, 1.82) is 0 Å². The van der Waals surface area contributed by atoms with Crippen molar-refractivity contribution in [3.8, 4) is 0 Å². The summed E-state index contributed by atoms with van der Waals surface area (Å²) in [6.07, 6.45) is 6.70. The second-order valence-electron chi connectivity index (χ2n) is 6.95. The molecule has 0 radical (unpaired) electrons. The number of piperidine rings is 1. The molecule has 1 unspecified atom stereocenters. The summed E-state index contributed by atoms with van der Waals surface area (Å²) in [6.45, 7) is 2.33. The summed E-state index contributed by atoms with van der Waals surface area (Å²) in [5.41, 5.74) is -0.891. The zero-order valence-corrected chi connectivity index (χ0v) is 13.8. The largest absolute Gasteiger partial charge is 0.481 e. The predicted octanol–water partition coefficient (Wildman–Crippen LogP) is 1.33. The number of nitrogens with one attached hydrogen (secondary N) is 2. The minimum atomic E-state index is -0.891. The van der Waals surface area contributed by atoms with Gasteiger partial charge in [-0.05, 0) is 32.6 Å². The molecule has 1 heterocycles. The Balaban J connectivity index is 1.75. The van der Waals surface area contributed by atoms with Crippen LogP contribution in [0.2, 0.25) is 0 Å². The van der Waals surface area contributed by atoms with E-state index in [4.69, 9.17) is 0 Å². The van der Waals surface area contributed by atoms with Crippen LogP contribution in [-0.4, -0.2) is 53.6 Å². The Kier molecular flexibility index (Phi) is 5.85. The number of nitrogens with zero attached hydrogens (tertiary/aromatic N) is 1. The molecule has 7 heteroatoms. The number of rotatable bonds is 4. The third kappa shape index (κ3) is 4.84. The van der Waals surface area contributed by atoms with Crippen molar-refractivity contribution in [2.24, 2.45) is 5.41 Å². The Labute approximate surface area is 136 Å². The molecule has 3 N–H and O–H groups in total. The van der Waals surface area contributed by atoms with Crippen molar-refractivity contribution in [3.05, 3.63) is 0 Å². The molecule has 2 rings (SSSR count). The van der Waals surface area contributed by atoms with E-state index in [1.165, 1.54) is 6.42 Å². The number of hydrogen-bond donors (Lipinski definition) is 3. The lowest BCUT2D eigenvalue weighted by Crippen LogP contribution is -2.52. The molecule has 0 spiro atoms. The topological polar surface area (TPSA) is 98.7 Å². The minimum absolute atomic E-state index is 0.0890. The quantitative estimate of drug-likeness (QED) is 0.726. The van der Waals surface area contributed by atoms with Crippen LogP contribution in [0.3, 0.4) is 0 Å². The molecule has 1 atom stereocenters. The summed E-state index contributed by atoms with van der Waals surface area (Å²) in [5.74, 6) is -1.10. The van der Waals surface area contributed by atoms with E-state index in [-0.39, 0.29) is 31.1 Å². The fourth-order valence-electron chi connectivity index (χ4n) is 3.38. The van der Waals surface area contributed by atoms with E-state index in [0.717, 1.165) is 25.7 Å². The normalized spacial score (nSPS) is 25.7. The summed E-state index contributed by atoms with van der Waals surface area (Å²) in [6, 6.07) is -0.118. The first-order chi connectivity index (χ1) is 10.9. The van der Waals surface area contributed by atoms with Crippen LogP contribution >= 0.6 is 0 Å². The van der Waals surface area contributed by atoms with Gasteiger partial charge in [-0.25, -0.2) is 4.79 Å². The maximum atomic E-state index is 12.2. The molecule has 1 saturated heterocycles. The Morgan fingerprint density at radius 3 is 2.52 bits per heavy atom. The van der Waals surface area contributed by atoms with Crippen LogP contribution in [0.4, 0.5) is 4.79 Å². The van der Waals surface area contributed by atoms with Crippen LogP contribution in [0.1, 0.15) is 51.9 Å². The van der Waals surface area contributed by atoms with Gasteiger partial charge in [-0.1, -0.05) is 19.3 Å². The standard InChI is InChI=1S/C16H27N3O4/c1-16(14(21)22)8-5-9-19(11-16)13(20)10-17-15(23)18-12-6-3-2-4-7-12/h12H,2-11H2,1H3,(H,21,22)(H2,17,18,23). The molecule has 1 aliphatic carbocycles. The van der Waals surface area contributed by atoms with Gasteiger partial charge < -0.3 is 20.6 Å². The average molecular weight is 325 g/mol. The lowest BCUT2D eigenvalue weighted by molar-refractivity contribution is -0.153. The van der Waals surface area contributed by atoms with Gasteiger partial charge in [0, 0.05) is 19.1 Å². The first-order valence-electron chi connectivity index (χ1n) is 8.46. The first-order valence-corrected chi connectivity index (χ1v) is 8.46. The highest BCUT2D eigenvalue weighted by Gasteiger charge is 2.39. The summed E-state index contributed by atoms with van der Waals surface area (Å²) in [5, 5.41) is 14.8. The van der Waals surface area contributed by atoms with Gasteiger partial charge in [-0.3, -0.25) is 9.59 Å². The molecule has 2 fully saturated rings. The van der Waals surface area contributed by atoms with Crippen LogP contribution in [-0.2, 0) is 9.59 Å². The van der Waals surface area contributed by atoms with E-state index in [1.807, 2.05) is 0 Å². The average Bonchev–Trinajstić information content (AvgIpc) is 2.53. The maximum Gasteiger partial charge on any atom is 0.315 e. The lowest BCUT2D eigenvalue weighted by atomic mass is 9.82. The number of carbonyl (C=O) groups excluding carboxylic acids is 2. The molecule has 130 valence electrons. The Morgan fingerprint density at radius 1 is 1.17 bits per heavy atom. The molecule has 3 amide bonds. The van der Waals surface area contributed by atoms with Crippen molar-refractivity contribution >= 4 is 17.9 Å². The molecule has 0 aromatic heterocycles. The van der Waals surface area contributed by atoms with E-state index >= 15 is 0 Å². The van der Waals surface area contributed by atoms with E-state index < -0.39 is 11.4 Å². The third-order valence-corrected chi connectivity index (χ3v) is 4.91. The fraction of sp³-hybridized carbons (Fsp3) is 0.812. The molecule has 7 nitrogen and oxygen atoms in total. The highest BCUT2D eigenvalue weighted by atomic mass is 16.4. The molecular weight excluding hydrogens is 298 g/mol. The van der Waals surface area contributed by atoms with Crippen molar-refractivity contribution in [2.45, 2.75) is 57.9 Å². The summed E-state index contributed by atoms with van der Waals surface area (Å²) in [4.78, 5) is 36.9. The number of amides is 3. The van der Waals surface area contributed by atoms with Gasteiger partial charge in [0.15, 0.2) is 0 Å². The monoisotopic (exact) mass is 325 g/mol. The van der Waals surface area contributed by atoms with Crippen molar-refractivity contribution in [1.82, 2.24) is 15.5 Å². The second-order valence-corrected chi connectivity index (χ2v) is 6.95. The highest BCUT2D eigenvalue weighted by Crippen LogP contribution is 2.29. The molecule has 23 heavy (non-hydrogen) atoms. The van der Waals surface area contributed by atoms with Gasteiger partial charge in [0.25, 0.3) is 0 Å². The number of aliphatic carboxylic acids is 1. The molecule has 1 saturated carbocycles. The maximum absolute atomic E-state index is 12.2. The number of carboxylic acids is 1. The van der Waals surface area contributed by atoms with Gasteiger partial charge in [-0.15, -0.1) is 0 Å². The number of carbonyl (C=O) groups is 3. The van der Waals surface area contributed by atoms with Gasteiger partial charge in [0.05, 0.1) is 12.0 Å². The predicted molar refractivity (Wildman–Crippen MR) is 85.0 cm³/mol. The molecule has 0 aromatic carbocycles. The summed E-state index contributed by atoms with van der Waals surface area (Å²) in [7, 11) is 0. The van der Waals surface area contributed by atoms with Gasteiger partial charge >= 0.3 is 12.0 Å². The van der Waals surface area contributed by atoms with Crippen LogP contribution < -0.4 is 10.6 Å². The molecule has 2 aliphatic rings. The first kappa shape index (κ1) is 17.6. The van der Waals surface area contributed by atoms with E-state index in [9.17, 15) is 19.5 Å². The van der Waals surface area contributed by atoms with Gasteiger partial charge in [0.2, 0.25) is 5.91 Å². The summed E-state index contributed by atoms with van der Waals surface area (Å²) < 4.78 is 0. The Hall–Kier alpha value is -1.79. The molecule has 1 aliphatic heterocycles. The number of carboxylic acid groups (broad SMARTS) is 1. The second kappa shape index (κ2) is 7.66. The number of likely N-dealkylation sites (tertiary alicyclic amines) is 1. The van der Waals surface area contributed by atoms with Crippen LogP contribution in [0, 0.1) is 5.41 Å². The van der Waals surface area contributed by atoms with Crippen LogP contribution in [0.5, 0.6) is 0 Å². The van der Waals surface area contributed by atoms with E-state index in [0.29, 0.717) is 19.4 Å². The number of urea groups is 1. The molecule has 0 aromatic rings. The van der Waals surface area contributed by atoms with Crippen LogP contribution in [0.25, 0.3) is 0 Å². The Bertz CT molecular complexity index is 462. The fourth-order valence-corrected chi connectivity index (χ4v) is 3.38. The molecule has 0 bridgehead atoms. The van der Waals surface area contributed by atoms with Gasteiger partial charge in [-0.2, -0.15) is 0 Å². The third-order valence-electron chi connectivity index (χ3n) is 4.91. The number of hydrogen-bond acceptors (Lipinski definition) is 3. The SMILES string of the molecule is CC1(C(=O)O)CCCN(C(=O)CNC(=O)NC2CCCCC2)C1. The summed E-state index contributed by atoms with van der Waals surface area (Å²) >= 11 is 0. The van der Waals surface area contributed by atoms with E-state index in [2.05, 4.69) is 10.6 Å². The van der Waals surface area contributed by atoms with Crippen LogP contribution in [0.15, 0.2) is 0 Å². The van der Waals surface area contributed by atoms with Crippen molar-refractivity contribution in [2.75, 3.05) is 19.6 Å². The Morgan fingerprint density at radius 2 is 1.87 bits per heavy atom. The lowest BCUT2D eigenvalue weighted by Gasteiger charge is -2.37. The minimum Gasteiger partial charge on any atom is -0.481 e. The highest BCUT2D eigenvalue weighted by molar-refractivity contribution is 5.85. The zero-order valence-electron chi connectivity index (χ0n) is 13.8. The molecular formula is C16H27N3O4. The smallest absolute Gasteiger partial charge is 0.315 e. The van der Waals surface area contributed by atoms with Crippen molar-refractivity contribution < 1.29 is 19.5 Å². The van der Waals surface area contributed by atoms with E-state index in [1.54, 1.807) is 11.8 Å². The van der Waals surface area contributed by atoms with Gasteiger partial charge in [0.1, 0.15) is 0 Å².